The third kappa shape index (κ3) is 10.8. The Morgan fingerprint density at radius 2 is 1.24 bits per heavy atom. The van der Waals surface area contributed by atoms with Gasteiger partial charge in [-0.2, -0.15) is 0 Å². The van der Waals surface area contributed by atoms with Gasteiger partial charge in [0, 0.05) is 20.6 Å². The van der Waals surface area contributed by atoms with Crippen LogP contribution in [0.5, 0.6) is 0 Å². The molecule has 0 unspecified atom stereocenters. The van der Waals surface area contributed by atoms with Gasteiger partial charge in [0.25, 0.3) is 0 Å². The average Bonchev–Trinajstić information content (AvgIpc) is 2.89. The molecule has 0 aliphatic rings. The van der Waals surface area contributed by atoms with E-state index < -0.39 is 24.2 Å². The Morgan fingerprint density at radius 3 is 1.71 bits per heavy atom. The highest BCUT2D eigenvalue weighted by Gasteiger charge is 2.38. The molecule has 0 spiro atoms. The second-order valence-electron chi connectivity index (χ2n) is 12.5. The van der Waals surface area contributed by atoms with Gasteiger partial charge in [0.15, 0.2) is 0 Å². The van der Waals surface area contributed by atoms with E-state index in [1.807, 2.05) is 85.7 Å². The van der Waals surface area contributed by atoms with Crippen LogP contribution in [-0.2, 0) is 25.6 Å². The topological polar surface area (TPSA) is 111 Å². The Morgan fingerprint density at radius 1 is 0.732 bits per heavy atom. The molecule has 3 N–H and O–H groups in total. The highest BCUT2D eigenvalue weighted by atomic mass is 16.2. The lowest BCUT2D eigenvalue weighted by Gasteiger charge is -2.37. The number of nitrogens with one attached hydrogen (secondary N) is 3. The predicted octanol–water partition coefficient (Wildman–Crippen LogP) is 3.09. The molecule has 0 aromatic heterocycles. The van der Waals surface area contributed by atoms with Crippen molar-refractivity contribution in [2.75, 3.05) is 27.7 Å². The Labute approximate surface area is 248 Å². The van der Waals surface area contributed by atoms with Gasteiger partial charge < -0.3 is 25.8 Å². The Balaban J connectivity index is 3.06. The maximum atomic E-state index is 13.8. The molecule has 1 rings (SSSR count). The first-order chi connectivity index (χ1) is 19.1. The molecular formula is C32H55N5O4. The van der Waals surface area contributed by atoms with Gasteiger partial charge in [-0.05, 0) is 49.1 Å². The maximum absolute atomic E-state index is 13.8. The highest BCUT2D eigenvalue weighted by molar-refractivity contribution is 5.95. The van der Waals surface area contributed by atoms with Gasteiger partial charge in [-0.3, -0.25) is 19.2 Å². The van der Waals surface area contributed by atoms with Crippen LogP contribution in [0.4, 0.5) is 0 Å². The fourth-order valence-corrected chi connectivity index (χ4v) is 5.24. The molecule has 0 fully saturated rings. The fourth-order valence-electron chi connectivity index (χ4n) is 5.24. The summed E-state index contributed by atoms with van der Waals surface area (Å²) in [6.07, 6.45) is 1.34. The van der Waals surface area contributed by atoms with Crippen LogP contribution < -0.4 is 16.0 Å². The summed E-state index contributed by atoms with van der Waals surface area (Å²) in [5, 5.41) is 8.99. The van der Waals surface area contributed by atoms with E-state index in [-0.39, 0.29) is 41.4 Å². The van der Waals surface area contributed by atoms with Crippen molar-refractivity contribution in [3.8, 4) is 0 Å². The number of hydrogen-bond acceptors (Lipinski definition) is 5. The summed E-state index contributed by atoms with van der Waals surface area (Å²) in [4.78, 5) is 56.9. The number of rotatable bonds is 16. The van der Waals surface area contributed by atoms with Gasteiger partial charge in [-0.25, -0.2) is 0 Å². The van der Waals surface area contributed by atoms with E-state index in [2.05, 4.69) is 16.0 Å². The van der Waals surface area contributed by atoms with Gasteiger partial charge in [-0.15, -0.1) is 0 Å². The Hall–Kier alpha value is -2.94. The predicted molar refractivity (Wildman–Crippen MR) is 165 cm³/mol. The minimum atomic E-state index is -0.855. The zero-order chi connectivity index (χ0) is 31.4. The second kappa shape index (κ2) is 17.1. The number of carbonyl (C=O) groups excluding carboxylic acids is 4. The third-order valence-corrected chi connectivity index (χ3v) is 7.47. The molecule has 4 amide bonds. The molecule has 232 valence electrons. The van der Waals surface area contributed by atoms with Crippen molar-refractivity contribution in [1.29, 1.82) is 0 Å². The molecule has 0 heterocycles. The third-order valence-electron chi connectivity index (χ3n) is 7.47. The molecule has 4 atom stereocenters. The number of hydrogen-bond donors (Lipinski definition) is 3. The number of amides is 4. The summed E-state index contributed by atoms with van der Waals surface area (Å²) in [6, 6.07) is 7.17. The first-order valence-corrected chi connectivity index (χ1v) is 15.0. The molecule has 0 aliphatic carbocycles. The number of likely N-dealkylation sites (N-methyl/N-ethyl adjacent to an activating group) is 3. The Kier molecular flexibility index (Phi) is 15.1. The van der Waals surface area contributed by atoms with Crippen molar-refractivity contribution in [2.24, 2.45) is 23.7 Å². The summed E-state index contributed by atoms with van der Waals surface area (Å²) >= 11 is 0. The van der Waals surface area contributed by atoms with E-state index in [9.17, 15) is 19.2 Å². The molecule has 0 bridgehead atoms. The lowest BCUT2D eigenvalue weighted by atomic mass is 9.95. The van der Waals surface area contributed by atoms with Crippen LogP contribution in [0.25, 0.3) is 0 Å². The summed E-state index contributed by atoms with van der Waals surface area (Å²) in [5.41, 5.74) is 1.12. The van der Waals surface area contributed by atoms with E-state index >= 15 is 0 Å². The quantitative estimate of drug-likeness (QED) is 0.282. The molecule has 0 aliphatic heterocycles. The average molecular weight is 574 g/mol. The van der Waals surface area contributed by atoms with Gasteiger partial charge >= 0.3 is 0 Å². The Bertz CT molecular complexity index is 980. The standard InChI is InChI=1S/C32H55N5O4/c1-20(2)19-25(33-9)31(40)36(10)28(23(7)8)30(39)35-26(21(3)4)32(41)37(11)27(22(5)6)29(38)34-18-17-24-15-13-12-14-16-24/h12-16,20-23,25-28,33H,17-19H2,1-11H3,(H,34,38)(H,35,39)/t25-,26-,27-,28-/m0/s1. The van der Waals surface area contributed by atoms with Crippen molar-refractivity contribution in [3.63, 3.8) is 0 Å². The lowest BCUT2D eigenvalue weighted by molar-refractivity contribution is -0.147. The minimum Gasteiger partial charge on any atom is -0.354 e. The molecule has 9 heteroatoms. The van der Waals surface area contributed by atoms with Crippen LogP contribution in [0.2, 0.25) is 0 Å². The highest BCUT2D eigenvalue weighted by Crippen LogP contribution is 2.18. The van der Waals surface area contributed by atoms with Crippen LogP contribution in [0, 0.1) is 23.7 Å². The molecule has 0 radical (unpaired) electrons. The van der Waals surface area contributed by atoms with Gasteiger partial charge in [0.2, 0.25) is 23.6 Å². The summed E-state index contributed by atoms with van der Waals surface area (Å²) in [7, 11) is 5.00. The summed E-state index contributed by atoms with van der Waals surface area (Å²) in [5.74, 6) is -1.36. The van der Waals surface area contributed by atoms with Crippen molar-refractivity contribution in [2.45, 2.75) is 92.4 Å². The van der Waals surface area contributed by atoms with Crippen LogP contribution in [0.3, 0.4) is 0 Å². The van der Waals surface area contributed by atoms with Crippen LogP contribution in [0.1, 0.15) is 67.4 Å². The van der Waals surface area contributed by atoms with Crippen LogP contribution >= 0.6 is 0 Å². The van der Waals surface area contributed by atoms with Gasteiger partial charge in [0.1, 0.15) is 18.1 Å². The number of nitrogens with zero attached hydrogens (tertiary/aromatic N) is 2. The maximum Gasteiger partial charge on any atom is 0.245 e. The normalized spacial score (nSPS) is 14.5. The zero-order valence-corrected chi connectivity index (χ0v) is 27.2. The van der Waals surface area contributed by atoms with Crippen molar-refractivity contribution < 1.29 is 19.2 Å². The monoisotopic (exact) mass is 573 g/mol. The van der Waals surface area contributed by atoms with Gasteiger partial charge in [0.05, 0.1) is 6.04 Å². The van der Waals surface area contributed by atoms with Crippen molar-refractivity contribution in [3.05, 3.63) is 35.9 Å². The van der Waals surface area contributed by atoms with E-state index in [1.165, 1.54) is 9.80 Å². The van der Waals surface area contributed by atoms with E-state index in [0.717, 1.165) is 5.56 Å². The van der Waals surface area contributed by atoms with Gasteiger partial charge in [-0.1, -0.05) is 85.7 Å². The van der Waals surface area contributed by atoms with Crippen molar-refractivity contribution in [1.82, 2.24) is 25.8 Å². The smallest absolute Gasteiger partial charge is 0.245 e. The zero-order valence-electron chi connectivity index (χ0n) is 27.2. The summed E-state index contributed by atoms with van der Waals surface area (Å²) in [6.45, 7) is 15.9. The summed E-state index contributed by atoms with van der Waals surface area (Å²) < 4.78 is 0. The lowest BCUT2D eigenvalue weighted by Crippen LogP contribution is -2.61. The molecule has 1 aromatic rings. The van der Waals surface area contributed by atoms with Crippen LogP contribution in [0.15, 0.2) is 30.3 Å². The van der Waals surface area contributed by atoms with Crippen LogP contribution in [-0.4, -0.2) is 85.3 Å². The van der Waals surface area contributed by atoms with E-state index in [0.29, 0.717) is 25.3 Å². The molecule has 0 saturated carbocycles. The van der Waals surface area contributed by atoms with E-state index in [1.54, 1.807) is 21.1 Å². The largest absolute Gasteiger partial charge is 0.354 e. The molecular weight excluding hydrogens is 518 g/mol. The first kappa shape index (κ1) is 36.1. The SMILES string of the molecule is CN[C@@H](CC(C)C)C(=O)N(C)[C@H](C(=O)N[C@H](C(=O)N(C)[C@H](C(=O)NCCc1ccccc1)C(C)C)C(C)C)C(C)C. The molecule has 9 nitrogen and oxygen atoms in total. The minimum absolute atomic E-state index is 0.143. The van der Waals surface area contributed by atoms with E-state index in [4.69, 9.17) is 0 Å². The second-order valence-corrected chi connectivity index (χ2v) is 12.5. The van der Waals surface area contributed by atoms with Crippen molar-refractivity contribution >= 4 is 23.6 Å². The number of benzene rings is 1. The molecule has 0 saturated heterocycles. The first-order valence-electron chi connectivity index (χ1n) is 15.0. The number of carbonyl (C=O) groups is 4. The fraction of sp³-hybridized carbons (Fsp3) is 0.688. The molecule has 1 aromatic carbocycles. The molecule has 41 heavy (non-hydrogen) atoms.